The van der Waals surface area contributed by atoms with Crippen molar-refractivity contribution in [2.75, 3.05) is 0 Å². The molecular formula is C3H2F6O6P2-2. The molecule has 0 spiro atoms. The van der Waals surface area contributed by atoms with Crippen LogP contribution >= 0.6 is 15.2 Å². The molecule has 0 bridgehead atoms. The van der Waals surface area contributed by atoms with E-state index in [4.69, 9.17) is 9.79 Å². The highest BCUT2D eigenvalue weighted by Crippen LogP contribution is 2.68. The Morgan fingerprint density at radius 1 is 0.765 bits per heavy atom. The zero-order valence-electron chi connectivity index (χ0n) is 7.19. The maximum Gasteiger partial charge on any atom is 0.388 e. The minimum absolute atomic E-state index is 6.79. The monoisotopic (exact) mass is 310 g/mol. The summed E-state index contributed by atoms with van der Waals surface area (Å²) in [5.74, 6) is -7.06. The Labute approximate surface area is 88.6 Å². The molecule has 0 aliphatic heterocycles. The first-order valence-corrected chi connectivity index (χ1v) is 6.37. The van der Waals surface area contributed by atoms with Crippen LogP contribution in [0.3, 0.4) is 0 Å². The highest BCUT2D eigenvalue weighted by atomic mass is 31.2. The van der Waals surface area contributed by atoms with Crippen LogP contribution in [0.5, 0.6) is 0 Å². The summed E-state index contributed by atoms with van der Waals surface area (Å²) >= 11 is 0. The first-order valence-electron chi connectivity index (χ1n) is 3.21. The minimum Gasteiger partial charge on any atom is -0.774 e. The Morgan fingerprint density at radius 3 is 1.06 bits per heavy atom. The highest BCUT2D eigenvalue weighted by Gasteiger charge is 2.78. The molecule has 2 N–H and O–H groups in total. The van der Waals surface area contributed by atoms with Gasteiger partial charge < -0.3 is 28.7 Å². The van der Waals surface area contributed by atoms with E-state index in [2.05, 4.69) is 0 Å². The van der Waals surface area contributed by atoms with E-state index >= 15 is 0 Å². The van der Waals surface area contributed by atoms with Gasteiger partial charge in [-0.1, -0.05) is 0 Å². The van der Waals surface area contributed by atoms with Gasteiger partial charge in [-0.05, 0) is 0 Å². The van der Waals surface area contributed by atoms with Crippen LogP contribution in [0.1, 0.15) is 0 Å². The van der Waals surface area contributed by atoms with Crippen molar-refractivity contribution in [3.8, 4) is 0 Å². The molecule has 2 unspecified atom stereocenters. The van der Waals surface area contributed by atoms with Crippen LogP contribution in [0.25, 0.3) is 0 Å². The molecule has 0 aromatic heterocycles. The van der Waals surface area contributed by atoms with Gasteiger partial charge in [0.1, 0.15) is 0 Å². The number of alkyl halides is 6. The Balaban J connectivity index is 5.91. The van der Waals surface area contributed by atoms with Crippen LogP contribution in [-0.2, 0) is 9.13 Å². The van der Waals surface area contributed by atoms with E-state index in [0.29, 0.717) is 0 Å². The molecule has 0 heterocycles. The Kier molecular flexibility index (Phi) is 3.91. The van der Waals surface area contributed by atoms with Crippen LogP contribution < -0.4 is 9.79 Å². The van der Waals surface area contributed by atoms with Crippen molar-refractivity contribution in [3.05, 3.63) is 0 Å². The van der Waals surface area contributed by atoms with Gasteiger partial charge in [0.2, 0.25) is 15.2 Å². The maximum atomic E-state index is 12.4. The third kappa shape index (κ3) is 2.38. The summed E-state index contributed by atoms with van der Waals surface area (Å²) in [4.78, 5) is 35.0. The lowest BCUT2D eigenvalue weighted by molar-refractivity contribution is -0.304. The number of hydrogen-bond donors (Lipinski definition) is 2. The molecule has 0 rings (SSSR count). The van der Waals surface area contributed by atoms with Crippen LogP contribution in [0, 0.1) is 0 Å². The fraction of sp³-hybridized carbons (Fsp3) is 1.00. The predicted molar refractivity (Wildman–Crippen MR) is 34.5 cm³/mol. The molecule has 2 atom stereocenters. The van der Waals surface area contributed by atoms with E-state index in [9.17, 15) is 45.3 Å². The second kappa shape index (κ2) is 3.94. The van der Waals surface area contributed by atoms with Crippen LogP contribution in [-0.4, -0.2) is 27.0 Å². The highest BCUT2D eigenvalue weighted by molar-refractivity contribution is 7.53. The zero-order chi connectivity index (χ0) is 14.5. The van der Waals surface area contributed by atoms with Crippen LogP contribution in [0.15, 0.2) is 0 Å². The van der Waals surface area contributed by atoms with E-state index in [0.717, 1.165) is 0 Å². The minimum atomic E-state index is -7.34. The normalized spacial score (nSPS) is 21.8. The quantitative estimate of drug-likeness (QED) is 0.552. The van der Waals surface area contributed by atoms with E-state index in [1.54, 1.807) is 0 Å². The third-order valence-electron chi connectivity index (χ3n) is 1.47. The second-order valence-corrected chi connectivity index (χ2v) is 5.90. The van der Waals surface area contributed by atoms with Crippen molar-refractivity contribution in [1.82, 2.24) is 0 Å². The van der Waals surface area contributed by atoms with Gasteiger partial charge >= 0.3 is 17.2 Å². The third-order valence-corrected chi connectivity index (χ3v) is 3.45. The Bertz CT molecular complexity index is 359. The largest absolute Gasteiger partial charge is 0.774 e. The summed E-state index contributed by atoms with van der Waals surface area (Å²) in [5.41, 5.74) is -13.6. The molecule has 6 nitrogen and oxygen atoms in total. The zero-order valence-corrected chi connectivity index (χ0v) is 8.98. The van der Waals surface area contributed by atoms with Crippen molar-refractivity contribution < 1.29 is 55.0 Å². The van der Waals surface area contributed by atoms with Gasteiger partial charge in [-0.2, -0.15) is 26.3 Å². The SMILES string of the molecule is O=P([O-])(O)C(F)(F)C(F)(F)C(F)(F)P(=O)([O-])O. The summed E-state index contributed by atoms with van der Waals surface area (Å²) in [6.07, 6.45) is 0. The van der Waals surface area contributed by atoms with Gasteiger partial charge in [0.25, 0.3) is 0 Å². The lowest BCUT2D eigenvalue weighted by Crippen LogP contribution is -2.56. The molecule has 0 amide bonds. The Hall–Kier alpha value is -0.120. The van der Waals surface area contributed by atoms with Crippen molar-refractivity contribution >= 4 is 15.2 Å². The average molecular weight is 310 g/mol. The van der Waals surface area contributed by atoms with E-state index in [1.165, 1.54) is 0 Å². The molecule has 0 fully saturated rings. The lowest BCUT2D eigenvalue weighted by atomic mass is 10.3. The fourth-order valence-electron chi connectivity index (χ4n) is 0.536. The summed E-state index contributed by atoms with van der Waals surface area (Å²) in [7, 11) is -14.7. The number of hydrogen-bond acceptors (Lipinski definition) is 4. The van der Waals surface area contributed by atoms with E-state index < -0.39 is 32.4 Å². The van der Waals surface area contributed by atoms with Gasteiger partial charge in [-0.25, -0.2) is 0 Å². The summed E-state index contributed by atoms with van der Waals surface area (Å²) in [6, 6.07) is 0. The molecular weight excluding hydrogens is 308 g/mol. The topological polar surface area (TPSA) is 121 Å². The molecule has 0 aliphatic rings. The predicted octanol–water partition coefficient (Wildman–Crippen LogP) is -0.101. The van der Waals surface area contributed by atoms with Crippen molar-refractivity contribution in [3.63, 3.8) is 0 Å². The van der Waals surface area contributed by atoms with E-state index in [-0.39, 0.29) is 0 Å². The summed E-state index contributed by atoms with van der Waals surface area (Å²) in [5, 5.41) is 0. The van der Waals surface area contributed by atoms with Crippen molar-refractivity contribution in [2.24, 2.45) is 0 Å². The van der Waals surface area contributed by atoms with Gasteiger partial charge in [0, 0.05) is 0 Å². The van der Waals surface area contributed by atoms with Crippen LogP contribution in [0.4, 0.5) is 26.3 Å². The van der Waals surface area contributed by atoms with Gasteiger partial charge in [-0.3, -0.25) is 0 Å². The number of halogens is 6. The molecule has 0 aliphatic carbocycles. The molecule has 17 heavy (non-hydrogen) atoms. The molecule has 0 aromatic carbocycles. The van der Waals surface area contributed by atoms with Crippen molar-refractivity contribution in [2.45, 2.75) is 17.2 Å². The Morgan fingerprint density at radius 2 is 0.941 bits per heavy atom. The molecule has 14 heteroatoms. The van der Waals surface area contributed by atoms with E-state index in [1.807, 2.05) is 0 Å². The second-order valence-electron chi connectivity index (χ2n) is 2.70. The summed E-state index contributed by atoms with van der Waals surface area (Å²) < 4.78 is 93.7. The van der Waals surface area contributed by atoms with Gasteiger partial charge in [0.05, 0.1) is 0 Å². The fourth-order valence-corrected chi connectivity index (χ4v) is 1.61. The molecule has 0 saturated carbocycles. The lowest BCUT2D eigenvalue weighted by Gasteiger charge is -2.39. The maximum absolute atomic E-state index is 12.4. The van der Waals surface area contributed by atoms with Gasteiger partial charge in [-0.15, -0.1) is 0 Å². The van der Waals surface area contributed by atoms with Crippen LogP contribution in [0.2, 0.25) is 0 Å². The summed E-state index contributed by atoms with van der Waals surface area (Å²) in [6.45, 7) is 0. The smallest absolute Gasteiger partial charge is 0.388 e. The first kappa shape index (κ1) is 16.9. The number of rotatable bonds is 4. The molecule has 0 radical (unpaired) electrons. The average Bonchev–Trinajstić information content (AvgIpc) is 1.98. The molecule has 104 valence electrons. The first-order chi connectivity index (χ1) is 7.00. The van der Waals surface area contributed by atoms with Crippen molar-refractivity contribution in [1.29, 1.82) is 0 Å². The van der Waals surface area contributed by atoms with Gasteiger partial charge in [0.15, 0.2) is 0 Å². The molecule has 0 aromatic rings. The molecule has 0 saturated heterocycles. The standard InChI is InChI=1S/C3H4F6O6P2/c4-1(5,2(6,7)16(10,11)12)3(8,9)17(13,14)15/h(H2,10,11,12)(H2,13,14,15)/p-2.